The smallest absolute Gasteiger partial charge is 0.173 e. The van der Waals surface area contributed by atoms with E-state index in [-0.39, 0.29) is 5.57 Å². The zero-order valence-corrected chi connectivity index (χ0v) is 7.56. The molecule has 1 aromatic rings. The Morgan fingerprint density at radius 2 is 1.77 bits per heavy atom. The maximum absolute atomic E-state index is 12.5. The summed E-state index contributed by atoms with van der Waals surface area (Å²) in [5.41, 5.74) is 0.799. The van der Waals surface area contributed by atoms with Crippen molar-refractivity contribution in [1.29, 1.82) is 0 Å². The fraction of sp³-hybridized carbons (Fsp3) is 0.273. The van der Waals surface area contributed by atoms with Crippen molar-refractivity contribution in [2.45, 2.75) is 19.8 Å². The van der Waals surface area contributed by atoms with E-state index >= 15 is 0 Å². The van der Waals surface area contributed by atoms with Gasteiger partial charge in [-0.25, -0.2) is 0 Å². The Balaban J connectivity index is 2.97. The van der Waals surface area contributed by atoms with Crippen LogP contribution in [0.5, 0.6) is 0 Å². The molecule has 13 heavy (non-hydrogen) atoms. The van der Waals surface area contributed by atoms with Gasteiger partial charge in [-0.3, -0.25) is 0 Å². The third kappa shape index (κ3) is 2.65. The van der Waals surface area contributed by atoms with Crippen molar-refractivity contribution < 1.29 is 8.78 Å². The first-order chi connectivity index (χ1) is 6.25. The van der Waals surface area contributed by atoms with Crippen LogP contribution in [0.3, 0.4) is 0 Å². The van der Waals surface area contributed by atoms with Crippen LogP contribution in [-0.2, 0) is 0 Å². The average molecular weight is 182 g/mol. The third-order valence-electron chi connectivity index (χ3n) is 1.85. The Hall–Kier alpha value is -1.18. The standard InChI is InChI=1S/C11H12F2/c1-2-6-10(11(12)13)9-7-4-3-5-8-9/h3-5,7-8H,2,6H2,1H3. The summed E-state index contributed by atoms with van der Waals surface area (Å²) in [5.74, 6) is 0. The lowest BCUT2D eigenvalue weighted by molar-refractivity contribution is 0.423. The molecule has 0 spiro atoms. The number of benzene rings is 1. The molecule has 0 amide bonds. The lowest BCUT2D eigenvalue weighted by Crippen LogP contribution is -1.85. The monoisotopic (exact) mass is 182 g/mol. The van der Waals surface area contributed by atoms with Crippen LogP contribution in [0.2, 0.25) is 0 Å². The number of rotatable bonds is 3. The SMILES string of the molecule is CCCC(=C(F)F)c1ccccc1. The number of allylic oxidation sites excluding steroid dienone is 1. The molecule has 0 radical (unpaired) electrons. The molecule has 0 heterocycles. The van der Waals surface area contributed by atoms with Crippen molar-refractivity contribution in [3.8, 4) is 0 Å². The van der Waals surface area contributed by atoms with E-state index in [2.05, 4.69) is 0 Å². The molecule has 0 aromatic heterocycles. The fourth-order valence-electron chi connectivity index (χ4n) is 1.24. The molecule has 0 nitrogen and oxygen atoms in total. The summed E-state index contributed by atoms with van der Waals surface area (Å²) in [6.45, 7) is 1.89. The Kier molecular flexibility index (Phi) is 3.62. The van der Waals surface area contributed by atoms with E-state index in [1.165, 1.54) is 0 Å². The predicted octanol–water partition coefficient (Wildman–Crippen LogP) is 4.09. The first-order valence-corrected chi connectivity index (χ1v) is 4.35. The highest BCUT2D eigenvalue weighted by Gasteiger charge is 2.06. The Morgan fingerprint density at radius 3 is 2.23 bits per heavy atom. The van der Waals surface area contributed by atoms with Crippen molar-refractivity contribution in [1.82, 2.24) is 0 Å². The quantitative estimate of drug-likeness (QED) is 0.660. The Bertz CT molecular complexity index is 284. The molecular formula is C11H12F2. The molecule has 70 valence electrons. The molecule has 0 bridgehead atoms. The van der Waals surface area contributed by atoms with Gasteiger partial charge in [-0.05, 0) is 12.0 Å². The van der Waals surface area contributed by atoms with E-state index in [4.69, 9.17) is 0 Å². The highest BCUT2D eigenvalue weighted by Crippen LogP contribution is 2.24. The summed E-state index contributed by atoms with van der Waals surface area (Å²) in [7, 11) is 0. The molecule has 1 rings (SSSR count). The van der Waals surface area contributed by atoms with Gasteiger partial charge in [0, 0.05) is 5.57 Å². The van der Waals surface area contributed by atoms with Crippen molar-refractivity contribution in [3.63, 3.8) is 0 Å². The molecule has 0 fully saturated rings. The van der Waals surface area contributed by atoms with Crippen LogP contribution in [0.25, 0.3) is 5.57 Å². The first kappa shape index (κ1) is 9.90. The van der Waals surface area contributed by atoms with Gasteiger partial charge in [-0.2, -0.15) is 8.78 Å². The van der Waals surface area contributed by atoms with Crippen LogP contribution in [0.15, 0.2) is 36.4 Å². The summed E-state index contributed by atoms with van der Waals surface area (Å²) in [5, 5.41) is 0. The second-order valence-corrected chi connectivity index (χ2v) is 2.85. The van der Waals surface area contributed by atoms with Gasteiger partial charge < -0.3 is 0 Å². The zero-order chi connectivity index (χ0) is 9.68. The molecule has 0 aliphatic carbocycles. The van der Waals surface area contributed by atoms with Crippen LogP contribution >= 0.6 is 0 Å². The lowest BCUT2D eigenvalue weighted by Gasteiger charge is -2.03. The first-order valence-electron chi connectivity index (χ1n) is 4.35. The molecule has 0 atom stereocenters. The van der Waals surface area contributed by atoms with Crippen molar-refractivity contribution in [3.05, 3.63) is 42.0 Å². The number of halogens is 2. The minimum atomic E-state index is -1.56. The van der Waals surface area contributed by atoms with Crippen LogP contribution in [-0.4, -0.2) is 0 Å². The van der Waals surface area contributed by atoms with Crippen molar-refractivity contribution in [2.24, 2.45) is 0 Å². The number of hydrogen-bond donors (Lipinski definition) is 0. The van der Waals surface area contributed by atoms with Gasteiger partial charge in [-0.15, -0.1) is 0 Å². The van der Waals surface area contributed by atoms with E-state index in [0.29, 0.717) is 12.0 Å². The predicted molar refractivity (Wildman–Crippen MR) is 50.5 cm³/mol. The molecule has 1 aromatic carbocycles. The normalized spacial score (nSPS) is 9.77. The summed E-state index contributed by atoms with van der Waals surface area (Å²) in [6, 6.07) is 8.79. The van der Waals surface area contributed by atoms with Gasteiger partial charge in [0.15, 0.2) is 0 Å². The average Bonchev–Trinajstić information content (AvgIpc) is 2.15. The van der Waals surface area contributed by atoms with Gasteiger partial charge in [-0.1, -0.05) is 43.7 Å². The molecule has 0 saturated carbocycles. The van der Waals surface area contributed by atoms with E-state index in [1.54, 1.807) is 24.3 Å². The van der Waals surface area contributed by atoms with Gasteiger partial charge in [0.1, 0.15) is 0 Å². The topological polar surface area (TPSA) is 0 Å². The Morgan fingerprint density at radius 1 is 1.15 bits per heavy atom. The maximum Gasteiger partial charge on any atom is 0.274 e. The van der Waals surface area contributed by atoms with Crippen LogP contribution < -0.4 is 0 Å². The van der Waals surface area contributed by atoms with E-state index < -0.39 is 6.08 Å². The summed E-state index contributed by atoms with van der Waals surface area (Å²) >= 11 is 0. The van der Waals surface area contributed by atoms with Crippen LogP contribution in [0.4, 0.5) is 8.78 Å². The summed E-state index contributed by atoms with van der Waals surface area (Å²) in [6.07, 6.45) is -0.387. The molecule has 0 aliphatic rings. The molecule has 0 saturated heterocycles. The van der Waals surface area contributed by atoms with Gasteiger partial charge >= 0.3 is 0 Å². The van der Waals surface area contributed by atoms with E-state index in [0.717, 1.165) is 6.42 Å². The van der Waals surface area contributed by atoms with Gasteiger partial charge in [0.25, 0.3) is 6.08 Å². The lowest BCUT2D eigenvalue weighted by atomic mass is 10.0. The second kappa shape index (κ2) is 4.75. The minimum absolute atomic E-state index is 0.170. The largest absolute Gasteiger partial charge is 0.274 e. The number of hydrogen-bond acceptors (Lipinski definition) is 0. The van der Waals surface area contributed by atoms with Crippen LogP contribution in [0, 0.1) is 0 Å². The minimum Gasteiger partial charge on any atom is -0.173 e. The van der Waals surface area contributed by atoms with E-state index in [9.17, 15) is 8.78 Å². The summed E-state index contributed by atoms with van der Waals surface area (Å²) in [4.78, 5) is 0. The fourth-order valence-corrected chi connectivity index (χ4v) is 1.24. The van der Waals surface area contributed by atoms with Crippen LogP contribution in [0.1, 0.15) is 25.3 Å². The molecule has 2 heteroatoms. The highest BCUT2D eigenvalue weighted by atomic mass is 19.3. The van der Waals surface area contributed by atoms with Crippen molar-refractivity contribution >= 4 is 5.57 Å². The maximum atomic E-state index is 12.5. The molecule has 0 aliphatic heterocycles. The third-order valence-corrected chi connectivity index (χ3v) is 1.85. The second-order valence-electron chi connectivity index (χ2n) is 2.85. The van der Waals surface area contributed by atoms with Crippen molar-refractivity contribution in [2.75, 3.05) is 0 Å². The summed E-state index contributed by atoms with van der Waals surface area (Å²) < 4.78 is 24.9. The zero-order valence-electron chi connectivity index (χ0n) is 7.56. The van der Waals surface area contributed by atoms with Gasteiger partial charge in [0.2, 0.25) is 0 Å². The highest BCUT2D eigenvalue weighted by molar-refractivity contribution is 5.65. The molecule has 0 unspecified atom stereocenters. The van der Waals surface area contributed by atoms with Gasteiger partial charge in [0.05, 0.1) is 0 Å². The van der Waals surface area contributed by atoms with E-state index in [1.807, 2.05) is 13.0 Å². The molecular weight excluding hydrogens is 170 g/mol. The Labute approximate surface area is 76.9 Å². The molecule has 0 N–H and O–H groups in total.